The van der Waals surface area contributed by atoms with Crippen molar-refractivity contribution in [1.82, 2.24) is 29.7 Å². The van der Waals surface area contributed by atoms with Crippen molar-refractivity contribution in [3.63, 3.8) is 0 Å². The Kier molecular flexibility index (Phi) is 9.91. The highest BCUT2D eigenvalue weighted by Gasteiger charge is 2.26. The maximum absolute atomic E-state index is 10.5. The minimum Gasteiger partial charge on any atom is -0.480 e. The van der Waals surface area contributed by atoms with Crippen molar-refractivity contribution in [2.24, 2.45) is 0 Å². The van der Waals surface area contributed by atoms with Gasteiger partial charge in [-0.1, -0.05) is 13.8 Å². The van der Waals surface area contributed by atoms with Crippen LogP contribution in [0.25, 0.3) is 5.65 Å². The fraction of sp³-hybridized carbons (Fsp3) is 0.731. The fourth-order valence-corrected chi connectivity index (χ4v) is 5.47. The Morgan fingerprint density at radius 3 is 2.58 bits per heavy atom. The summed E-state index contributed by atoms with van der Waals surface area (Å²) in [6.45, 7) is 11.7. The number of fused-ring (bicyclic) bond motifs is 1. The van der Waals surface area contributed by atoms with Gasteiger partial charge in [-0.25, -0.2) is 9.78 Å². The largest absolute Gasteiger partial charge is 0.480 e. The van der Waals surface area contributed by atoms with E-state index in [4.69, 9.17) is 14.8 Å². The second kappa shape index (κ2) is 13.3. The Bertz CT molecular complexity index is 956. The van der Waals surface area contributed by atoms with Crippen LogP contribution in [0.1, 0.15) is 57.6 Å². The second-order valence-corrected chi connectivity index (χ2v) is 10.1. The Balaban J connectivity index is 1.17. The van der Waals surface area contributed by atoms with E-state index in [9.17, 15) is 4.79 Å². The zero-order valence-corrected chi connectivity index (χ0v) is 21.9. The van der Waals surface area contributed by atoms with E-state index in [1.165, 1.54) is 6.42 Å². The van der Waals surface area contributed by atoms with Crippen LogP contribution in [0.5, 0.6) is 0 Å². The van der Waals surface area contributed by atoms with Crippen LogP contribution in [0.2, 0.25) is 0 Å². The molecule has 36 heavy (non-hydrogen) atoms. The van der Waals surface area contributed by atoms with E-state index in [0.717, 1.165) is 88.7 Å². The second-order valence-electron chi connectivity index (χ2n) is 10.1. The monoisotopic (exact) mass is 501 g/mol. The quantitative estimate of drug-likeness (QED) is 0.336. The summed E-state index contributed by atoms with van der Waals surface area (Å²) in [5.74, 6) is 0.634. The van der Waals surface area contributed by atoms with Crippen LogP contribution in [0.4, 0.5) is 5.82 Å². The van der Waals surface area contributed by atoms with E-state index in [1.807, 2.05) is 16.8 Å². The highest BCUT2D eigenvalue weighted by atomic mass is 16.5. The number of nitrogens with zero attached hydrogens (tertiary/aromatic N) is 5. The number of carboxylic acid groups (broad SMARTS) is 1. The summed E-state index contributed by atoms with van der Waals surface area (Å²) in [7, 11) is 0. The van der Waals surface area contributed by atoms with Gasteiger partial charge in [-0.3, -0.25) is 9.80 Å². The predicted molar refractivity (Wildman–Crippen MR) is 141 cm³/mol. The van der Waals surface area contributed by atoms with Gasteiger partial charge in [-0.15, -0.1) is 0 Å². The highest BCUT2D eigenvalue weighted by molar-refractivity contribution is 5.67. The van der Waals surface area contributed by atoms with Crippen molar-refractivity contribution in [3.8, 4) is 0 Å². The van der Waals surface area contributed by atoms with Crippen LogP contribution in [0, 0.1) is 0 Å². The molecule has 1 aliphatic carbocycles. The van der Waals surface area contributed by atoms with Gasteiger partial charge in [0.25, 0.3) is 0 Å². The third-order valence-electron chi connectivity index (χ3n) is 7.67. The fourth-order valence-electron chi connectivity index (χ4n) is 5.47. The Labute approximate surface area is 214 Å². The molecule has 10 nitrogen and oxygen atoms in total. The first-order chi connectivity index (χ1) is 17.6. The number of rotatable bonds is 14. The van der Waals surface area contributed by atoms with E-state index < -0.39 is 5.97 Å². The van der Waals surface area contributed by atoms with Crippen molar-refractivity contribution in [2.45, 2.75) is 64.0 Å². The molecule has 2 aromatic heterocycles. The van der Waals surface area contributed by atoms with Crippen molar-refractivity contribution in [2.75, 3.05) is 64.3 Å². The topological polar surface area (TPSA) is 107 Å². The van der Waals surface area contributed by atoms with Gasteiger partial charge < -0.3 is 20.5 Å². The average molecular weight is 502 g/mol. The number of piperazine rings is 1. The molecular weight excluding hydrogens is 458 g/mol. The molecule has 0 aromatic carbocycles. The Morgan fingerprint density at radius 2 is 1.86 bits per heavy atom. The number of ether oxygens (including phenoxy) is 1. The third kappa shape index (κ3) is 7.38. The minimum atomic E-state index is -0.907. The molecule has 1 aliphatic heterocycles. The van der Waals surface area contributed by atoms with E-state index in [0.29, 0.717) is 24.6 Å². The Morgan fingerprint density at radius 1 is 1.14 bits per heavy atom. The number of hydrogen-bond acceptors (Lipinski definition) is 8. The molecule has 3 heterocycles. The molecular formula is C26H43N7O3. The van der Waals surface area contributed by atoms with E-state index in [-0.39, 0.29) is 6.61 Å². The zero-order chi connectivity index (χ0) is 25.3. The molecule has 2 atom stereocenters. The van der Waals surface area contributed by atoms with E-state index in [2.05, 4.69) is 45.4 Å². The summed E-state index contributed by atoms with van der Waals surface area (Å²) < 4.78 is 7.09. The number of aromatic nitrogens is 3. The van der Waals surface area contributed by atoms with Gasteiger partial charge in [-0.2, -0.15) is 9.61 Å². The molecule has 0 bridgehead atoms. The maximum Gasteiger partial charge on any atom is 0.329 e. The molecule has 2 aliphatic rings. The molecule has 0 amide bonds. The first-order valence-electron chi connectivity index (χ1n) is 13.6. The summed E-state index contributed by atoms with van der Waals surface area (Å²) in [5.41, 5.74) is 2.08. The average Bonchev–Trinajstić information content (AvgIpc) is 3.53. The first-order valence-corrected chi connectivity index (χ1v) is 13.6. The SMILES string of the molecule is CCC(CC)c1cc(N[C@H]2CC[C@H](NCCN3CCN(CCOCC(=O)O)CC3)C2)n2nccc2n1. The number of hydrogen-bond donors (Lipinski definition) is 3. The van der Waals surface area contributed by atoms with Gasteiger partial charge >= 0.3 is 5.97 Å². The highest BCUT2D eigenvalue weighted by Crippen LogP contribution is 2.27. The van der Waals surface area contributed by atoms with Crippen LogP contribution in [0.3, 0.4) is 0 Å². The maximum atomic E-state index is 10.5. The predicted octanol–water partition coefficient (Wildman–Crippen LogP) is 2.27. The van der Waals surface area contributed by atoms with Crippen LogP contribution >= 0.6 is 0 Å². The third-order valence-corrected chi connectivity index (χ3v) is 7.67. The van der Waals surface area contributed by atoms with Crippen LogP contribution < -0.4 is 10.6 Å². The molecule has 0 radical (unpaired) electrons. The van der Waals surface area contributed by atoms with E-state index in [1.54, 1.807) is 0 Å². The van der Waals surface area contributed by atoms with Crippen LogP contribution in [-0.4, -0.2) is 107 Å². The summed E-state index contributed by atoms with van der Waals surface area (Å²) in [6, 6.07) is 5.18. The zero-order valence-electron chi connectivity index (χ0n) is 21.9. The van der Waals surface area contributed by atoms with Crippen molar-refractivity contribution >= 4 is 17.4 Å². The van der Waals surface area contributed by atoms with Crippen molar-refractivity contribution in [3.05, 3.63) is 24.0 Å². The van der Waals surface area contributed by atoms with Gasteiger partial charge in [0.2, 0.25) is 0 Å². The lowest BCUT2D eigenvalue weighted by molar-refractivity contribution is -0.142. The Hall–Kier alpha value is -2.27. The summed E-state index contributed by atoms with van der Waals surface area (Å²) in [6.07, 6.45) is 7.49. The molecule has 200 valence electrons. The van der Waals surface area contributed by atoms with Gasteiger partial charge in [-0.05, 0) is 32.1 Å². The molecule has 1 saturated heterocycles. The summed E-state index contributed by atoms with van der Waals surface area (Å²) in [5, 5.41) is 20.7. The molecule has 0 spiro atoms. The lowest BCUT2D eigenvalue weighted by Gasteiger charge is -2.34. The molecule has 4 rings (SSSR count). The normalized spacial score (nSPS) is 21.5. The summed E-state index contributed by atoms with van der Waals surface area (Å²) in [4.78, 5) is 20.2. The standard InChI is InChI=1S/C26H43N7O3/c1-3-20(4-2)23-18-25(33-24(30-23)7-8-28-33)29-22-6-5-21(17-22)27-9-10-31-11-13-32(14-12-31)15-16-36-19-26(34)35/h7-8,18,20-22,27,29H,3-6,9-17,19H2,1-2H3,(H,34,35)/t21-,22-/m0/s1. The molecule has 2 aromatic rings. The van der Waals surface area contributed by atoms with Crippen LogP contribution in [-0.2, 0) is 9.53 Å². The van der Waals surface area contributed by atoms with E-state index >= 15 is 0 Å². The number of carboxylic acids is 1. The number of nitrogens with one attached hydrogen (secondary N) is 2. The van der Waals surface area contributed by atoms with Crippen molar-refractivity contribution < 1.29 is 14.6 Å². The number of carbonyl (C=O) groups is 1. The molecule has 0 unspecified atom stereocenters. The van der Waals surface area contributed by atoms with Crippen molar-refractivity contribution in [1.29, 1.82) is 0 Å². The lowest BCUT2D eigenvalue weighted by atomic mass is 9.99. The van der Waals surface area contributed by atoms with Gasteiger partial charge in [0.05, 0.1) is 12.8 Å². The van der Waals surface area contributed by atoms with Gasteiger partial charge in [0, 0.05) is 81.6 Å². The summed E-state index contributed by atoms with van der Waals surface area (Å²) >= 11 is 0. The van der Waals surface area contributed by atoms with Gasteiger partial charge in [0.1, 0.15) is 12.4 Å². The number of aliphatic carboxylic acids is 1. The van der Waals surface area contributed by atoms with Gasteiger partial charge in [0.15, 0.2) is 5.65 Å². The molecule has 2 fully saturated rings. The molecule has 1 saturated carbocycles. The minimum absolute atomic E-state index is 0.210. The number of anilines is 1. The molecule has 10 heteroatoms. The molecule has 3 N–H and O–H groups in total. The first kappa shape index (κ1) is 26.8. The lowest BCUT2D eigenvalue weighted by Crippen LogP contribution is -2.49. The smallest absolute Gasteiger partial charge is 0.329 e. The van der Waals surface area contributed by atoms with Crippen LogP contribution in [0.15, 0.2) is 18.3 Å².